The molecule has 1 fully saturated rings. The highest BCUT2D eigenvalue weighted by molar-refractivity contribution is 5.98. The Morgan fingerprint density at radius 1 is 1.31 bits per heavy atom. The SMILES string of the molecule is COc1ccc(CN2CCNC(=O)CC2)cc1-c1cnc2c(C(N)=O)cnn2c1. The van der Waals surface area contributed by atoms with Crippen LogP contribution in [-0.2, 0) is 11.3 Å². The number of nitrogens with one attached hydrogen (secondary N) is 1. The van der Waals surface area contributed by atoms with Crippen molar-refractivity contribution in [3.63, 3.8) is 0 Å². The molecule has 4 rings (SSSR count). The average Bonchev–Trinajstić information content (AvgIpc) is 3.04. The number of nitrogens with two attached hydrogens (primary N) is 1. The Labute approximate surface area is 167 Å². The van der Waals surface area contributed by atoms with E-state index in [1.807, 2.05) is 12.1 Å². The van der Waals surface area contributed by atoms with Crippen molar-refractivity contribution in [1.82, 2.24) is 24.8 Å². The summed E-state index contributed by atoms with van der Waals surface area (Å²) in [7, 11) is 1.62. The molecule has 3 aromatic rings. The van der Waals surface area contributed by atoms with Crippen molar-refractivity contribution in [2.75, 3.05) is 26.7 Å². The Hall–Kier alpha value is -3.46. The zero-order valence-corrected chi connectivity index (χ0v) is 16.1. The minimum absolute atomic E-state index is 0.0943. The Morgan fingerprint density at radius 2 is 2.17 bits per heavy atom. The lowest BCUT2D eigenvalue weighted by molar-refractivity contribution is -0.120. The van der Waals surface area contributed by atoms with Crippen LogP contribution in [-0.4, -0.2) is 58.1 Å². The van der Waals surface area contributed by atoms with Gasteiger partial charge >= 0.3 is 0 Å². The summed E-state index contributed by atoms with van der Waals surface area (Å²) < 4.78 is 7.07. The summed E-state index contributed by atoms with van der Waals surface area (Å²) in [4.78, 5) is 29.7. The van der Waals surface area contributed by atoms with Crippen LogP contribution in [0.1, 0.15) is 22.3 Å². The molecule has 29 heavy (non-hydrogen) atoms. The van der Waals surface area contributed by atoms with Gasteiger partial charge in [0, 0.05) is 56.1 Å². The van der Waals surface area contributed by atoms with E-state index in [0.29, 0.717) is 24.4 Å². The van der Waals surface area contributed by atoms with Gasteiger partial charge in [0.25, 0.3) is 5.91 Å². The van der Waals surface area contributed by atoms with Gasteiger partial charge in [-0.1, -0.05) is 6.07 Å². The maximum atomic E-state index is 11.6. The van der Waals surface area contributed by atoms with Gasteiger partial charge in [0.05, 0.1) is 13.3 Å². The van der Waals surface area contributed by atoms with E-state index in [2.05, 4.69) is 26.4 Å². The molecule has 0 unspecified atom stereocenters. The molecule has 1 aromatic carbocycles. The summed E-state index contributed by atoms with van der Waals surface area (Å²) in [5.74, 6) is 0.243. The van der Waals surface area contributed by atoms with Crippen LogP contribution in [0.5, 0.6) is 5.75 Å². The molecule has 1 aliphatic rings. The fourth-order valence-electron chi connectivity index (χ4n) is 3.50. The highest BCUT2D eigenvalue weighted by Gasteiger charge is 2.16. The van der Waals surface area contributed by atoms with E-state index in [1.54, 1.807) is 19.5 Å². The molecule has 2 amide bonds. The van der Waals surface area contributed by atoms with E-state index in [9.17, 15) is 9.59 Å². The van der Waals surface area contributed by atoms with E-state index < -0.39 is 5.91 Å². The summed E-state index contributed by atoms with van der Waals surface area (Å²) in [6.45, 7) is 2.92. The van der Waals surface area contributed by atoms with E-state index >= 15 is 0 Å². The molecule has 0 radical (unpaired) electrons. The fraction of sp³-hybridized carbons (Fsp3) is 0.300. The first kappa shape index (κ1) is 18.9. The highest BCUT2D eigenvalue weighted by Crippen LogP contribution is 2.31. The van der Waals surface area contributed by atoms with Gasteiger partial charge in [-0.05, 0) is 17.7 Å². The number of hydrogen-bond donors (Lipinski definition) is 2. The molecule has 3 heterocycles. The van der Waals surface area contributed by atoms with Crippen LogP contribution >= 0.6 is 0 Å². The van der Waals surface area contributed by atoms with Crippen LogP contribution in [0.25, 0.3) is 16.8 Å². The predicted molar refractivity (Wildman–Crippen MR) is 106 cm³/mol. The Balaban J connectivity index is 1.65. The number of nitrogens with zero attached hydrogens (tertiary/aromatic N) is 4. The second-order valence-corrected chi connectivity index (χ2v) is 6.94. The normalized spacial score (nSPS) is 15.1. The number of primary amides is 1. The molecule has 0 spiro atoms. The van der Waals surface area contributed by atoms with Crippen LogP contribution < -0.4 is 15.8 Å². The predicted octanol–water partition coefficient (Wildman–Crippen LogP) is 0.826. The van der Waals surface area contributed by atoms with E-state index in [4.69, 9.17) is 10.5 Å². The topological polar surface area (TPSA) is 115 Å². The molecule has 9 nitrogen and oxygen atoms in total. The molecular formula is C20H22N6O3. The molecule has 150 valence electrons. The number of methoxy groups -OCH3 is 1. The van der Waals surface area contributed by atoms with Gasteiger partial charge in [-0.25, -0.2) is 9.50 Å². The number of carbonyl (C=O) groups is 2. The number of aromatic nitrogens is 3. The van der Waals surface area contributed by atoms with Gasteiger partial charge < -0.3 is 15.8 Å². The minimum Gasteiger partial charge on any atom is -0.496 e. The van der Waals surface area contributed by atoms with Gasteiger partial charge in [0.2, 0.25) is 5.91 Å². The van der Waals surface area contributed by atoms with Crippen molar-refractivity contribution in [2.24, 2.45) is 5.73 Å². The van der Waals surface area contributed by atoms with Gasteiger partial charge in [0.1, 0.15) is 11.3 Å². The second-order valence-electron chi connectivity index (χ2n) is 6.94. The Bertz CT molecular complexity index is 1080. The molecule has 2 aromatic heterocycles. The third-order valence-corrected chi connectivity index (χ3v) is 5.01. The van der Waals surface area contributed by atoms with Crippen LogP contribution in [0.4, 0.5) is 0 Å². The van der Waals surface area contributed by atoms with E-state index in [0.717, 1.165) is 36.3 Å². The lowest BCUT2D eigenvalue weighted by Gasteiger charge is -2.20. The summed E-state index contributed by atoms with van der Waals surface area (Å²) >= 11 is 0. The first-order valence-electron chi connectivity index (χ1n) is 9.34. The zero-order chi connectivity index (χ0) is 20.4. The molecule has 0 aliphatic carbocycles. The van der Waals surface area contributed by atoms with Gasteiger partial charge in [0.15, 0.2) is 5.65 Å². The number of hydrogen-bond acceptors (Lipinski definition) is 6. The van der Waals surface area contributed by atoms with E-state index in [-0.39, 0.29) is 11.5 Å². The van der Waals surface area contributed by atoms with Crippen LogP contribution in [0.2, 0.25) is 0 Å². The standard InChI is InChI=1S/C20H22N6O3/c1-29-17-3-2-13(11-25-6-4-18(27)22-5-7-25)8-15(17)14-9-23-20-16(19(21)28)10-24-26(20)12-14/h2-3,8-10,12H,4-7,11H2,1H3,(H2,21,28)(H,22,27). The van der Waals surface area contributed by atoms with Gasteiger partial charge in [-0.15, -0.1) is 0 Å². The maximum absolute atomic E-state index is 11.6. The maximum Gasteiger partial charge on any atom is 0.254 e. The third kappa shape index (κ3) is 3.90. The first-order chi connectivity index (χ1) is 14.0. The largest absolute Gasteiger partial charge is 0.496 e. The fourth-order valence-corrected chi connectivity index (χ4v) is 3.50. The zero-order valence-electron chi connectivity index (χ0n) is 16.1. The van der Waals surface area contributed by atoms with E-state index in [1.165, 1.54) is 10.7 Å². The van der Waals surface area contributed by atoms with Crippen LogP contribution in [0.15, 0.2) is 36.8 Å². The molecular weight excluding hydrogens is 372 g/mol. The number of fused-ring (bicyclic) bond motifs is 1. The lowest BCUT2D eigenvalue weighted by atomic mass is 10.0. The summed E-state index contributed by atoms with van der Waals surface area (Å²) in [5, 5.41) is 7.07. The monoisotopic (exact) mass is 394 g/mol. The first-order valence-corrected chi connectivity index (χ1v) is 9.34. The number of rotatable bonds is 5. The molecule has 0 saturated carbocycles. The second kappa shape index (κ2) is 7.88. The molecule has 0 atom stereocenters. The van der Waals surface area contributed by atoms with Crippen LogP contribution in [0, 0.1) is 0 Å². The number of ether oxygens (including phenoxy) is 1. The van der Waals surface area contributed by atoms with Crippen molar-refractivity contribution in [2.45, 2.75) is 13.0 Å². The van der Waals surface area contributed by atoms with Crippen molar-refractivity contribution in [3.05, 3.63) is 47.9 Å². The molecule has 1 aliphatic heterocycles. The quantitative estimate of drug-likeness (QED) is 0.662. The Kier molecular flexibility index (Phi) is 5.13. The van der Waals surface area contributed by atoms with Crippen molar-refractivity contribution in [1.29, 1.82) is 0 Å². The summed E-state index contributed by atoms with van der Waals surface area (Å²) in [5.41, 5.74) is 8.85. The molecule has 3 N–H and O–H groups in total. The van der Waals surface area contributed by atoms with Crippen molar-refractivity contribution in [3.8, 4) is 16.9 Å². The molecule has 1 saturated heterocycles. The third-order valence-electron chi connectivity index (χ3n) is 5.01. The lowest BCUT2D eigenvalue weighted by Crippen LogP contribution is -2.28. The summed E-state index contributed by atoms with van der Waals surface area (Å²) in [6, 6.07) is 6.00. The van der Waals surface area contributed by atoms with Crippen LogP contribution in [0.3, 0.4) is 0 Å². The number of amides is 2. The van der Waals surface area contributed by atoms with Gasteiger partial charge in [-0.2, -0.15) is 5.10 Å². The number of benzene rings is 1. The minimum atomic E-state index is -0.565. The Morgan fingerprint density at radius 3 is 2.97 bits per heavy atom. The van der Waals surface area contributed by atoms with Crippen molar-refractivity contribution < 1.29 is 14.3 Å². The molecule has 0 bridgehead atoms. The average molecular weight is 394 g/mol. The summed E-state index contributed by atoms with van der Waals surface area (Å²) in [6.07, 6.45) is 5.40. The van der Waals surface area contributed by atoms with Crippen molar-refractivity contribution >= 4 is 17.5 Å². The molecule has 9 heteroatoms. The van der Waals surface area contributed by atoms with Gasteiger partial charge in [-0.3, -0.25) is 14.5 Å². The number of carbonyl (C=O) groups excluding carboxylic acids is 2. The smallest absolute Gasteiger partial charge is 0.254 e. The highest BCUT2D eigenvalue weighted by atomic mass is 16.5.